The van der Waals surface area contributed by atoms with Crippen LogP contribution in [0.1, 0.15) is 25.0 Å². The minimum Gasteiger partial charge on any atom is -0.496 e. The molecule has 3 aromatic rings. The Hall–Kier alpha value is -3.64. The number of hydrogen-bond acceptors (Lipinski definition) is 8. The van der Waals surface area contributed by atoms with Crippen LogP contribution in [0.5, 0.6) is 5.75 Å². The van der Waals surface area contributed by atoms with Crippen molar-refractivity contribution in [1.29, 1.82) is 5.26 Å². The molecule has 4 N–H and O–H groups in total. The molecule has 0 radical (unpaired) electrons. The van der Waals surface area contributed by atoms with Gasteiger partial charge in [-0.05, 0) is 38.4 Å². The van der Waals surface area contributed by atoms with E-state index in [0.717, 1.165) is 35.5 Å². The number of benzene rings is 1. The van der Waals surface area contributed by atoms with Gasteiger partial charge in [-0.15, -0.1) is 0 Å². The predicted molar refractivity (Wildman–Crippen MR) is 115 cm³/mol. The molecule has 2 atom stereocenters. The van der Waals surface area contributed by atoms with Gasteiger partial charge in [0.2, 0.25) is 0 Å². The summed E-state index contributed by atoms with van der Waals surface area (Å²) in [6.45, 7) is 0. The third-order valence-electron chi connectivity index (χ3n) is 5.30. The maximum Gasteiger partial charge on any atom is 0.158 e. The fourth-order valence-corrected chi connectivity index (χ4v) is 3.72. The lowest BCUT2D eigenvalue weighted by Gasteiger charge is -2.16. The Morgan fingerprint density at radius 2 is 2.00 bits per heavy atom. The van der Waals surface area contributed by atoms with Crippen molar-refractivity contribution in [2.24, 2.45) is 0 Å². The normalized spacial score (nSPS) is 18.0. The van der Waals surface area contributed by atoms with Crippen molar-refractivity contribution in [3.05, 3.63) is 42.4 Å². The van der Waals surface area contributed by atoms with Crippen molar-refractivity contribution in [3.8, 4) is 23.1 Å². The van der Waals surface area contributed by atoms with Gasteiger partial charge in [0.05, 0.1) is 25.2 Å². The van der Waals surface area contributed by atoms with Crippen LogP contribution in [-0.4, -0.2) is 46.4 Å². The molecule has 1 aliphatic carbocycles. The van der Waals surface area contributed by atoms with Crippen LogP contribution >= 0.6 is 0 Å². The van der Waals surface area contributed by atoms with E-state index < -0.39 is 0 Å². The van der Waals surface area contributed by atoms with Crippen molar-refractivity contribution in [2.45, 2.75) is 31.3 Å². The Balaban J connectivity index is 1.47. The summed E-state index contributed by atoms with van der Waals surface area (Å²) in [7, 11) is 3.68. The van der Waals surface area contributed by atoms with Gasteiger partial charge >= 0.3 is 0 Å². The SMILES string of the molecule is CNC1CC[C@H](Nc2ccc(-c3cc(Nc4cnc(C#N)cn4)n[nH]3)c(OC)c2)C1. The van der Waals surface area contributed by atoms with E-state index in [1.807, 2.05) is 31.3 Å². The standard InChI is InChI=1S/C21H24N8O/c1-23-13-3-4-14(7-13)26-15-5-6-17(19(8-15)30-2)18-9-20(29-28-18)27-21-12-24-16(10-22)11-25-21/h5-6,8-9,11-14,23,26H,3-4,7H2,1-2H3,(H2,25,27,28,29)/t13?,14-/m0/s1. The number of methoxy groups -OCH3 is 1. The quantitative estimate of drug-likeness (QED) is 0.474. The van der Waals surface area contributed by atoms with Gasteiger partial charge in [0.1, 0.15) is 17.6 Å². The van der Waals surface area contributed by atoms with E-state index in [2.05, 4.69) is 42.2 Å². The predicted octanol–water partition coefficient (Wildman–Crippen LogP) is 3.04. The Kier molecular flexibility index (Phi) is 5.77. The van der Waals surface area contributed by atoms with Crippen molar-refractivity contribution in [3.63, 3.8) is 0 Å². The van der Waals surface area contributed by atoms with E-state index >= 15 is 0 Å². The lowest BCUT2D eigenvalue weighted by atomic mass is 10.1. The van der Waals surface area contributed by atoms with Gasteiger partial charge in [0, 0.05) is 35.5 Å². The van der Waals surface area contributed by atoms with E-state index in [-0.39, 0.29) is 5.69 Å². The third kappa shape index (κ3) is 4.34. The van der Waals surface area contributed by atoms with Crippen LogP contribution in [0, 0.1) is 11.3 Å². The number of nitrogens with zero attached hydrogens (tertiary/aromatic N) is 4. The first kappa shape index (κ1) is 19.7. The Morgan fingerprint density at radius 3 is 2.70 bits per heavy atom. The van der Waals surface area contributed by atoms with Gasteiger partial charge in [0.25, 0.3) is 0 Å². The molecule has 1 unspecified atom stereocenters. The number of ether oxygens (including phenoxy) is 1. The van der Waals surface area contributed by atoms with Gasteiger partial charge in [-0.25, -0.2) is 9.97 Å². The highest BCUT2D eigenvalue weighted by atomic mass is 16.5. The number of H-pyrrole nitrogens is 1. The summed E-state index contributed by atoms with van der Waals surface area (Å²) in [6, 6.07) is 11.0. The minimum atomic E-state index is 0.265. The van der Waals surface area contributed by atoms with Crippen LogP contribution in [0.15, 0.2) is 36.7 Å². The summed E-state index contributed by atoms with van der Waals surface area (Å²) in [5, 5.41) is 26.1. The molecule has 0 amide bonds. The molecule has 0 saturated heterocycles. The molecule has 9 heteroatoms. The zero-order valence-corrected chi connectivity index (χ0v) is 16.9. The van der Waals surface area contributed by atoms with Gasteiger partial charge in [-0.1, -0.05) is 0 Å². The van der Waals surface area contributed by atoms with Gasteiger partial charge in [-0.2, -0.15) is 10.4 Å². The van der Waals surface area contributed by atoms with Crippen molar-refractivity contribution in [2.75, 3.05) is 24.8 Å². The first-order valence-electron chi connectivity index (χ1n) is 9.85. The Bertz CT molecular complexity index is 1040. The Labute approximate surface area is 174 Å². The number of nitriles is 1. The number of aromatic nitrogens is 4. The van der Waals surface area contributed by atoms with E-state index in [1.54, 1.807) is 7.11 Å². The molecule has 0 bridgehead atoms. The number of aromatic amines is 1. The lowest BCUT2D eigenvalue weighted by Crippen LogP contribution is -2.24. The largest absolute Gasteiger partial charge is 0.496 e. The van der Waals surface area contributed by atoms with Crippen LogP contribution in [0.3, 0.4) is 0 Å². The molecule has 1 aromatic carbocycles. The molecule has 1 saturated carbocycles. The van der Waals surface area contributed by atoms with E-state index in [1.165, 1.54) is 18.8 Å². The summed E-state index contributed by atoms with van der Waals surface area (Å²) in [5.74, 6) is 1.86. The zero-order valence-electron chi connectivity index (χ0n) is 16.9. The molecule has 1 fully saturated rings. The van der Waals surface area contributed by atoms with Crippen LogP contribution in [0.2, 0.25) is 0 Å². The summed E-state index contributed by atoms with van der Waals surface area (Å²) in [4.78, 5) is 8.14. The average Bonchev–Trinajstić information content (AvgIpc) is 3.43. The van der Waals surface area contributed by atoms with E-state index in [0.29, 0.717) is 23.7 Å². The minimum absolute atomic E-state index is 0.265. The van der Waals surface area contributed by atoms with Crippen molar-refractivity contribution < 1.29 is 4.74 Å². The van der Waals surface area contributed by atoms with Crippen molar-refractivity contribution in [1.82, 2.24) is 25.5 Å². The summed E-state index contributed by atoms with van der Waals surface area (Å²) in [6.07, 6.45) is 6.37. The highest BCUT2D eigenvalue weighted by molar-refractivity contribution is 5.73. The van der Waals surface area contributed by atoms with Crippen LogP contribution in [0.4, 0.5) is 17.3 Å². The lowest BCUT2D eigenvalue weighted by molar-refractivity contribution is 0.416. The molecule has 0 aliphatic heterocycles. The molecule has 30 heavy (non-hydrogen) atoms. The average molecular weight is 404 g/mol. The van der Waals surface area contributed by atoms with Crippen LogP contribution in [0.25, 0.3) is 11.3 Å². The number of nitrogens with one attached hydrogen (secondary N) is 4. The zero-order chi connectivity index (χ0) is 20.9. The topological polar surface area (TPSA) is 124 Å². The van der Waals surface area contributed by atoms with Crippen LogP contribution < -0.4 is 20.7 Å². The van der Waals surface area contributed by atoms with Gasteiger partial charge in [-0.3, -0.25) is 5.10 Å². The monoisotopic (exact) mass is 404 g/mol. The highest BCUT2D eigenvalue weighted by Crippen LogP contribution is 2.33. The Morgan fingerprint density at radius 1 is 1.13 bits per heavy atom. The molecular formula is C21H24N8O. The summed E-state index contributed by atoms with van der Waals surface area (Å²) < 4.78 is 5.63. The third-order valence-corrected chi connectivity index (χ3v) is 5.30. The van der Waals surface area contributed by atoms with Crippen molar-refractivity contribution >= 4 is 17.3 Å². The van der Waals surface area contributed by atoms with Crippen LogP contribution in [-0.2, 0) is 0 Å². The van der Waals surface area contributed by atoms with Gasteiger partial charge in [0.15, 0.2) is 11.5 Å². The number of hydrogen-bond donors (Lipinski definition) is 4. The molecule has 2 heterocycles. The second-order valence-electron chi connectivity index (χ2n) is 7.25. The first-order valence-corrected chi connectivity index (χ1v) is 9.85. The molecule has 1 aliphatic rings. The number of anilines is 3. The molecule has 154 valence electrons. The smallest absolute Gasteiger partial charge is 0.158 e. The first-order chi connectivity index (χ1) is 14.7. The summed E-state index contributed by atoms with van der Waals surface area (Å²) >= 11 is 0. The fourth-order valence-electron chi connectivity index (χ4n) is 3.72. The second-order valence-corrected chi connectivity index (χ2v) is 7.25. The summed E-state index contributed by atoms with van der Waals surface area (Å²) in [5.41, 5.74) is 3.04. The van der Waals surface area contributed by atoms with E-state index in [4.69, 9.17) is 10.00 Å². The molecule has 4 rings (SSSR count). The van der Waals surface area contributed by atoms with E-state index in [9.17, 15) is 0 Å². The fraction of sp³-hybridized carbons (Fsp3) is 0.333. The maximum atomic E-state index is 8.81. The van der Waals surface area contributed by atoms with Gasteiger partial charge < -0.3 is 20.7 Å². The molecule has 9 nitrogen and oxygen atoms in total. The highest BCUT2D eigenvalue weighted by Gasteiger charge is 2.23. The number of rotatable bonds is 7. The molecular weight excluding hydrogens is 380 g/mol. The molecule has 2 aromatic heterocycles. The molecule has 0 spiro atoms. The second kappa shape index (κ2) is 8.80. The maximum absolute atomic E-state index is 8.81.